The Morgan fingerprint density at radius 3 is 2.92 bits per heavy atom. The topological polar surface area (TPSA) is 50.4 Å². The Morgan fingerprint density at radius 2 is 2.38 bits per heavy atom. The largest absolute Gasteiger partial charge is 0.372 e. The normalized spacial score (nSPS) is 27.5. The number of hydrogen-bond acceptors (Lipinski definition) is 3. The second kappa shape index (κ2) is 5.19. The van der Waals surface area contributed by atoms with E-state index in [1.807, 2.05) is 6.92 Å². The summed E-state index contributed by atoms with van der Waals surface area (Å²) in [6.07, 6.45) is 0. The van der Waals surface area contributed by atoms with Crippen LogP contribution in [0, 0.1) is 5.92 Å². The van der Waals surface area contributed by atoms with Gasteiger partial charge in [0.25, 0.3) is 0 Å². The van der Waals surface area contributed by atoms with Gasteiger partial charge in [-0.2, -0.15) is 0 Å². The molecule has 1 rings (SSSR count). The lowest BCUT2D eigenvalue weighted by molar-refractivity contribution is -0.126. The molecule has 0 radical (unpaired) electrons. The van der Waals surface area contributed by atoms with Crippen molar-refractivity contribution < 1.29 is 9.53 Å². The molecule has 1 saturated heterocycles. The average molecular weight is 186 g/mol. The maximum absolute atomic E-state index is 11.2. The van der Waals surface area contributed by atoms with Gasteiger partial charge in [0.15, 0.2) is 0 Å². The van der Waals surface area contributed by atoms with Crippen LogP contribution in [0.3, 0.4) is 0 Å². The van der Waals surface area contributed by atoms with Crippen LogP contribution in [0.2, 0.25) is 0 Å². The van der Waals surface area contributed by atoms with Crippen molar-refractivity contribution in [3.63, 3.8) is 0 Å². The maximum Gasteiger partial charge on any atom is 0.246 e. The van der Waals surface area contributed by atoms with Crippen LogP contribution in [0.1, 0.15) is 13.8 Å². The second-order valence-electron chi connectivity index (χ2n) is 3.45. The second-order valence-corrected chi connectivity index (χ2v) is 3.45. The van der Waals surface area contributed by atoms with Crippen LogP contribution in [0.4, 0.5) is 0 Å². The van der Waals surface area contributed by atoms with Crippen molar-refractivity contribution in [1.82, 2.24) is 10.6 Å². The van der Waals surface area contributed by atoms with Crippen LogP contribution in [-0.2, 0) is 9.53 Å². The molecule has 2 unspecified atom stereocenters. The number of carbonyl (C=O) groups excluding carboxylic acids is 1. The van der Waals surface area contributed by atoms with Gasteiger partial charge in [0.2, 0.25) is 5.91 Å². The molecule has 1 fully saturated rings. The summed E-state index contributed by atoms with van der Waals surface area (Å²) in [5, 5.41) is 6.17. The fourth-order valence-electron chi connectivity index (χ4n) is 1.45. The van der Waals surface area contributed by atoms with Crippen LogP contribution in [0.25, 0.3) is 0 Å². The first-order chi connectivity index (χ1) is 6.24. The predicted octanol–water partition coefficient (Wildman–Crippen LogP) is -0.253. The van der Waals surface area contributed by atoms with E-state index in [1.54, 1.807) is 0 Å². The molecule has 0 saturated carbocycles. The van der Waals surface area contributed by atoms with Gasteiger partial charge >= 0.3 is 0 Å². The van der Waals surface area contributed by atoms with Gasteiger partial charge in [-0.15, -0.1) is 0 Å². The van der Waals surface area contributed by atoms with Gasteiger partial charge in [-0.05, 0) is 19.4 Å². The highest BCUT2D eigenvalue weighted by molar-refractivity contribution is 5.77. The predicted molar refractivity (Wildman–Crippen MR) is 50.5 cm³/mol. The Kier molecular flexibility index (Phi) is 4.18. The summed E-state index contributed by atoms with van der Waals surface area (Å²) in [6.45, 7) is 6.64. The highest BCUT2D eigenvalue weighted by atomic mass is 16.5. The first kappa shape index (κ1) is 10.5. The molecule has 4 nitrogen and oxygen atoms in total. The molecule has 0 spiro atoms. The quantitative estimate of drug-likeness (QED) is 0.636. The molecule has 2 N–H and O–H groups in total. The van der Waals surface area contributed by atoms with Gasteiger partial charge in [0.05, 0.1) is 0 Å². The molecule has 1 aliphatic heterocycles. The molecule has 1 amide bonds. The smallest absolute Gasteiger partial charge is 0.246 e. The fourth-order valence-corrected chi connectivity index (χ4v) is 1.45. The van der Waals surface area contributed by atoms with Crippen molar-refractivity contribution >= 4 is 5.91 Å². The zero-order valence-corrected chi connectivity index (χ0v) is 8.30. The highest BCUT2D eigenvalue weighted by Gasteiger charge is 2.23. The molecule has 2 atom stereocenters. The fraction of sp³-hybridized carbons (Fsp3) is 0.889. The van der Waals surface area contributed by atoms with Gasteiger partial charge in [-0.25, -0.2) is 0 Å². The number of nitrogens with one attached hydrogen (secondary N) is 2. The van der Waals surface area contributed by atoms with Crippen molar-refractivity contribution in [2.24, 2.45) is 5.92 Å². The number of carbonyl (C=O) groups is 1. The minimum atomic E-state index is -0.0117. The molecule has 76 valence electrons. The van der Waals surface area contributed by atoms with E-state index in [0.29, 0.717) is 12.5 Å². The third-order valence-corrected chi connectivity index (χ3v) is 2.30. The van der Waals surface area contributed by atoms with Crippen LogP contribution >= 0.6 is 0 Å². The third kappa shape index (κ3) is 3.32. The average Bonchev–Trinajstić information content (AvgIpc) is 2.48. The van der Waals surface area contributed by atoms with E-state index in [9.17, 15) is 4.79 Å². The summed E-state index contributed by atoms with van der Waals surface area (Å²) in [4.78, 5) is 11.2. The van der Waals surface area contributed by atoms with Gasteiger partial charge < -0.3 is 15.4 Å². The summed E-state index contributed by atoms with van der Waals surface area (Å²) in [5.41, 5.74) is 0. The zero-order chi connectivity index (χ0) is 9.68. The number of rotatable bonds is 4. The van der Waals surface area contributed by atoms with Crippen molar-refractivity contribution in [1.29, 1.82) is 0 Å². The summed E-state index contributed by atoms with van der Waals surface area (Å²) in [6, 6.07) is 0.271. The molecule has 0 aromatic heterocycles. The molecule has 1 heterocycles. The molecule has 0 aliphatic carbocycles. The third-order valence-electron chi connectivity index (χ3n) is 2.30. The summed E-state index contributed by atoms with van der Waals surface area (Å²) in [5.74, 6) is 0.507. The monoisotopic (exact) mass is 186 g/mol. The van der Waals surface area contributed by atoms with E-state index in [2.05, 4.69) is 17.6 Å². The Morgan fingerprint density at radius 1 is 1.62 bits per heavy atom. The number of amides is 1. The van der Waals surface area contributed by atoms with E-state index < -0.39 is 0 Å². The van der Waals surface area contributed by atoms with Crippen molar-refractivity contribution in [2.45, 2.75) is 19.9 Å². The molecule has 1 aliphatic rings. The van der Waals surface area contributed by atoms with Crippen LogP contribution in [0.5, 0.6) is 0 Å². The molecular formula is C9H18N2O2. The van der Waals surface area contributed by atoms with E-state index in [1.165, 1.54) is 0 Å². The summed E-state index contributed by atoms with van der Waals surface area (Å²) >= 11 is 0. The molecule has 13 heavy (non-hydrogen) atoms. The molecule has 4 heteroatoms. The standard InChI is InChI=1S/C9H18N2O2/c1-3-13-6-9(12)11-8-5-10-4-7(8)2/h7-8,10H,3-6H2,1-2H3,(H,11,12). The van der Waals surface area contributed by atoms with Gasteiger partial charge in [-0.3, -0.25) is 4.79 Å². The van der Waals surface area contributed by atoms with Crippen molar-refractivity contribution in [2.75, 3.05) is 26.3 Å². The lowest BCUT2D eigenvalue weighted by Gasteiger charge is -2.15. The molecule has 0 bridgehead atoms. The minimum absolute atomic E-state index is 0.0117. The van der Waals surface area contributed by atoms with Gasteiger partial charge in [-0.1, -0.05) is 6.92 Å². The first-order valence-corrected chi connectivity index (χ1v) is 4.82. The Labute approximate surface area is 79.0 Å². The highest BCUT2D eigenvalue weighted by Crippen LogP contribution is 2.06. The Balaban J connectivity index is 2.19. The number of ether oxygens (including phenoxy) is 1. The summed E-state index contributed by atoms with van der Waals surface area (Å²) < 4.78 is 5.01. The van der Waals surface area contributed by atoms with Gasteiger partial charge in [0, 0.05) is 19.2 Å². The van der Waals surface area contributed by atoms with Crippen LogP contribution < -0.4 is 10.6 Å². The van der Waals surface area contributed by atoms with E-state index >= 15 is 0 Å². The lowest BCUT2D eigenvalue weighted by atomic mass is 10.1. The summed E-state index contributed by atoms with van der Waals surface area (Å²) in [7, 11) is 0. The van der Waals surface area contributed by atoms with E-state index in [-0.39, 0.29) is 18.6 Å². The maximum atomic E-state index is 11.2. The zero-order valence-electron chi connectivity index (χ0n) is 8.30. The molecule has 0 aromatic rings. The van der Waals surface area contributed by atoms with Crippen molar-refractivity contribution in [3.8, 4) is 0 Å². The van der Waals surface area contributed by atoms with E-state index in [0.717, 1.165) is 13.1 Å². The number of hydrogen-bond donors (Lipinski definition) is 2. The van der Waals surface area contributed by atoms with Crippen LogP contribution in [-0.4, -0.2) is 38.3 Å². The molecular weight excluding hydrogens is 168 g/mol. The van der Waals surface area contributed by atoms with Gasteiger partial charge in [0.1, 0.15) is 6.61 Å². The lowest BCUT2D eigenvalue weighted by Crippen LogP contribution is -2.41. The SMILES string of the molecule is CCOCC(=O)NC1CNCC1C. The van der Waals surface area contributed by atoms with E-state index in [4.69, 9.17) is 4.74 Å². The van der Waals surface area contributed by atoms with Crippen LogP contribution in [0.15, 0.2) is 0 Å². The Bertz CT molecular complexity index is 173. The Hall–Kier alpha value is -0.610. The first-order valence-electron chi connectivity index (χ1n) is 4.82. The minimum Gasteiger partial charge on any atom is -0.372 e. The molecule has 0 aromatic carbocycles. The van der Waals surface area contributed by atoms with Crippen molar-refractivity contribution in [3.05, 3.63) is 0 Å².